The van der Waals surface area contributed by atoms with Gasteiger partial charge in [-0.15, -0.1) is 0 Å². The van der Waals surface area contributed by atoms with Crippen molar-refractivity contribution in [1.82, 2.24) is 4.98 Å². The minimum atomic E-state index is 0.157. The number of nitrogens with zero attached hydrogens (tertiary/aromatic N) is 2. The maximum Gasteiger partial charge on any atom is 0.247 e. The number of para-hydroxylation sites is 1. The van der Waals surface area contributed by atoms with Crippen LogP contribution in [0.3, 0.4) is 0 Å². The second-order valence-corrected chi connectivity index (χ2v) is 4.41. The lowest BCUT2D eigenvalue weighted by molar-refractivity contribution is 0.465. The molecule has 0 aliphatic carbocycles. The Bertz CT molecular complexity index is 818. The first-order valence-electron chi connectivity index (χ1n) is 6.60. The molecule has 0 fully saturated rings. The highest BCUT2D eigenvalue weighted by molar-refractivity contribution is 5.86. The monoisotopic (exact) mass is 279 g/mol. The second kappa shape index (κ2) is 5.55. The minimum Gasteiger partial charge on any atom is -0.450 e. The van der Waals surface area contributed by atoms with Crippen LogP contribution in [0.25, 0.3) is 11.0 Å². The van der Waals surface area contributed by atoms with Crippen LogP contribution in [0.1, 0.15) is 12.7 Å². The van der Waals surface area contributed by atoms with Crippen LogP contribution in [0, 0.1) is 11.3 Å². The van der Waals surface area contributed by atoms with Gasteiger partial charge in [-0.1, -0.05) is 12.1 Å². The van der Waals surface area contributed by atoms with Crippen LogP contribution in [-0.4, -0.2) is 11.5 Å². The molecule has 0 radical (unpaired) electrons. The van der Waals surface area contributed by atoms with E-state index in [1.54, 1.807) is 18.5 Å². The van der Waals surface area contributed by atoms with Crippen LogP contribution in [0.2, 0.25) is 0 Å². The molecule has 0 amide bonds. The Hall–Kier alpha value is -3.00. The van der Waals surface area contributed by atoms with E-state index in [1.165, 1.54) is 0 Å². The number of rotatable bonds is 4. The summed E-state index contributed by atoms with van der Waals surface area (Å²) in [4.78, 5) is 4.12. The van der Waals surface area contributed by atoms with Crippen LogP contribution in [0.15, 0.2) is 47.1 Å². The Labute approximate surface area is 121 Å². The largest absolute Gasteiger partial charge is 0.450 e. The quantitative estimate of drug-likeness (QED) is 0.783. The van der Waals surface area contributed by atoms with Gasteiger partial charge in [0.25, 0.3) is 0 Å². The molecular formula is C16H13N3O2. The molecule has 0 atom stereocenters. The molecule has 0 unspecified atom stereocenters. The summed E-state index contributed by atoms with van der Waals surface area (Å²) in [7, 11) is 0. The van der Waals surface area contributed by atoms with E-state index in [2.05, 4.69) is 10.3 Å². The number of nitrogens with one attached hydrogen (secondary N) is 1. The summed E-state index contributed by atoms with van der Waals surface area (Å²) in [6.07, 6.45) is 3.32. The van der Waals surface area contributed by atoms with Gasteiger partial charge in [-0.05, 0) is 19.1 Å². The van der Waals surface area contributed by atoms with Gasteiger partial charge in [-0.3, -0.25) is 4.98 Å². The highest BCUT2D eigenvalue weighted by atomic mass is 16.5. The zero-order valence-corrected chi connectivity index (χ0v) is 11.5. The fourth-order valence-electron chi connectivity index (χ4n) is 2.09. The molecule has 104 valence electrons. The van der Waals surface area contributed by atoms with Gasteiger partial charge in [0.2, 0.25) is 5.76 Å². The Morgan fingerprint density at radius 1 is 1.33 bits per heavy atom. The molecule has 2 aromatic heterocycles. The number of nitriles is 1. The van der Waals surface area contributed by atoms with E-state index in [0.29, 0.717) is 17.1 Å². The van der Waals surface area contributed by atoms with E-state index < -0.39 is 0 Å². The van der Waals surface area contributed by atoms with E-state index in [-0.39, 0.29) is 5.76 Å². The predicted molar refractivity (Wildman–Crippen MR) is 79.4 cm³/mol. The van der Waals surface area contributed by atoms with Gasteiger partial charge in [-0.2, -0.15) is 5.26 Å². The van der Waals surface area contributed by atoms with Gasteiger partial charge in [0.1, 0.15) is 17.4 Å². The lowest BCUT2D eigenvalue weighted by Crippen LogP contribution is -1.97. The number of aromatic nitrogens is 1. The Morgan fingerprint density at radius 3 is 3.00 bits per heavy atom. The average molecular weight is 279 g/mol. The number of fused-ring (bicyclic) bond motifs is 1. The molecule has 3 aromatic rings. The number of anilines is 1. The third-order valence-corrected chi connectivity index (χ3v) is 2.97. The number of ether oxygens (including phenoxy) is 1. The van der Waals surface area contributed by atoms with Crippen molar-refractivity contribution in [3.8, 4) is 17.6 Å². The van der Waals surface area contributed by atoms with Gasteiger partial charge in [-0.25, -0.2) is 0 Å². The Kier molecular flexibility index (Phi) is 3.44. The smallest absolute Gasteiger partial charge is 0.247 e. The molecule has 0 saturated carbocycles. The lowest BCUT2D eigenvalue weighted by atomic mass is 10.2. The molecule has 0 spiro atoms. The first-order valence-corrected chi connectivity index (χ1v) is 6.60. The summed E-state index contributed by atoms with van der Waals surface area (Å²) in [6.45, 7) is 2.80. The van der Waals surface area contributed by atoms with Crippen LogP contribution in [0.4, 0.5) is 5.69 Å². The predicted octanol–water partition coefficient (Wildman–Crippen LogP) is 3.92. The highest BCUT2D eigenvalue weighted by Gasteiger charge is 2.16. The summed E-state index contributed by atoms with van der Waals surface area (Å²) in [5, 5.41) is 13.1. The highest BCUT2D eigenvalue weighted by Crippen LogP contribution is 2.36. The average Bonchev–Trinajstić information content (AvgIpc) is 2.86. The summed E-state index contributed by atoms with van der Waals surface area (Å²) in [5.41, 5.74) is 1.49. The molecule has 0 bridgehead atoms. The van der Waals surface area contributed by atoms with Gasteiger partial charge >= 0.3 is 0 Å². The van der Waals surface area contributed by atoms with Crippen molar-refractivity contribution in [2.24, 2.45) is 0 Å². The van der Waals surface area contributed by atoms with Gasteiger partial charge in [0, 0.05) is 12.6 Å². The first kappa shape index (κ1) is 13.0. The zero-order chi connectivity index (χ0) is 14.7. The van der Waals surface area contributed by atoms with Crippen molar-refractivity contribution in [1.29, 1.82) is 5.26 Å². The third-order valence-electron chi connectivity index (χ3n) is 2.97. The lowest BCUT2D eigenvalue weighted by Gasteiger charge is -2.07. The van der Waals surface area contributed by atoms with Crippen LogP contribution < -0.4 is 10.1 Å². The van der Waals surface area contributed by atoms with Crippen molar-refractivity contribution in [3.63, 3.8) is 0 Å². The SMILES string of the molecule is CCNc1cncc(Oc2c(C#N)oc3ccccc23)c1. The maximum atomic E-state index is 9.18. The van der Waals surface area contributed by atoms with E-state index >= 15 is 0 Å². The van der Waals surface area contributed by atoms with Gasteiger partial charge < -0.3 is 14.5 Å². The molecule has 5 nitrogen and oxygen atoms in total. The van der Waals surface area contributed by atoms with Crippen molar-refractivity contribution >= 4 is 16.7 Å². The molecule has 0 aliphatic rings. The van der Waals surface area contributed by atoms with E-state index in [4.69, 9.17) is 9.15 Å². The number of pyridine rings is 1. The zero-order valence-electron chi connectivity index (χ0n) is 11.5. The molecule has 21 heavy (non-hydrogen) atoms. The summed E-state index contributed by atoms with van der Waals surface area (Å²) in [5.74, 6) is 1.13. The molecular weight excluding hydrogens is 266 g/mol. The van der Waals surface area contributed by atoms with E-state index in [9.17, 15) is 5.26 Å². The molecule has 0 saturated heterocycles. The summed E-state index contributed by atoms with van der Waals surface area (Å²) in [6, 6.07) is 11.2. The molecule has 0 aliphatic heterocycles. The topological polar surface area (TPSA) is 71.1 Å². The molecule has 2 heterocycles. The van der Waals surface area contributed by atoms with E-state index in [0.717, 1.165) is 17.6 Å². The second-order valence-electron chi connectivity index (χ2n) is 4.41. The standard InChI is InChI=1S/C16H13N3O2/c1-2-19-11-7-12(10-18-9-11)20-16-13-5-3-4-6-14(13)21-15(16)8-17/h3-7,9-10,19H,2H2,1H3. The summed E-state index contributed by atoms with van der Waals surface area (Å²) < 4.78 is 11.3. The van der Waals surface area contributed by atoms with Gasteiger partial charge in [0.05, 0.1) is 23.5 Å². The molecule has 1 N–H and O–H groups in total. The van der Waals surface area contributed by atoms with Crippen molar-refractivity contribution in [2.75, 3.05) is 11.9 Å². The number of benzene rings is 1. The molecule has 1 aromatic carbocycles. The number of hydrogen-bond acceptors (Lipinski definition) is 5. The third kappa shape index (κ3) is 2.51. The Morgan fingerprint density at radius 2 is 2.19 bits per heavy atom. The van der Waals surface area contributed by atoms with Crippen LogP contribution in [-0.2, 0) is 0 Å². The minimum absolute atomic E-state index is 0.157. The number of hydrogen-bond donors (Lipinski definition) is 1. The first-order chi connectivity index (χ1) is 10.3. The van der Waals surface area contributed by atoms with Crippen LogP contribution in [0.5, 0.6) is 11.5 Å². The fraction of sp³-hybridized carbons (Fsp3) is 0.125. The van der Waals surface area contributed by atoms with Crippen LogP contribution >= 0.6 is 0 Å². The van der Waals surface area contributed by atoms with Crippen molar-refractivity contribution < 1.29 is 9.15 Å². The fourth-order valence-corrected chi connectivity index (χ4v) is 2.09. The normalized spacial score (nSPS) is 10.3. The maximum absolute atomic E-state index is 9.18. The Balaban J connectivity index is 2.01. The van der Waals surface area contributed by atoms with Crippen molar-refractivity contribution in [3.05, 3.63) is 48.5 Å². The van der Waals surface area contributed by atoms with E-state index in [1.807, 2.05) is 37.3 Å². The number of furan rings is 1. The molecule has 5 heteroatoms. The van der Waals surface area contributed by atoms with Crippen molar-refractivity contribution in [2.45, 2.75) is 6.92 Å². The summed E-state index contributed by atoms with van der Waals surface area (Å²) >= 11 is 0. The van der Waals surface area contributed by atoms with Gasteiger partial charge in [0.15, 0.2) is 5.75 Å². The molecule has 3 rings (SSSR count).